The molecule has 2 rings (SSSR count). The van der Waals surface area contributed by atoms with Crippen molar-refractivity contribution >= 4 is 34.6 Å². The van der Waals surface area contributed by atoms with E-state index >= 15 is 0 Å². The molecule has 0 saturated heterocycles. The van der Waals surface area contributed by atoms with Gasteiger partial charge in [-0.15, -0.1) is 0 Å². The van der Waals surface area contributed by atoms with Crippen molar-refractivity contribution in [3.8, 4) is 0 Å². The first-order chi connectivity index (χ1) is 12.5. The van der Waals surface area contributed by atoms with Crippen molar-refractivity contribution in [3.05, 3.63) is 34.6 Å². The highest BCUT2D eigenvalue weighted by atomic mass is 32.2. The lowest BCUT2D eigenvalue weighted by molar-refractivity contribution is -0.119. The predicted octanol–water partition coefficient (Wildman–Crippen LogP) is 1.37. The first-order valence-corrected chi connectivity index (χ1v) is 9.03. The molecule has 0 spiro atoms. The smallest absolute Gasteiger partial charge is 0.321 e. The molecule has 0 radical (unpaired) electrons. The van der Waals surface area contributed by atoms with Crippen LogP contribution in [0.5, 0.6) is 0 Å². The third-order valence-corrected chi connectivity index (χ3v) is 4.76. The SMILES string of the molecule is CNC(=O)NC(=O)[C@@H](C)Sc1nc2ccccc2c(=O)n1CCCOC. The van der Waals surface area contributed by atoms with E-state index in [1.54, 1.807) is 42.9 Å². The molecule has 26 heavy (non-hydrogen) atoms. The van der Waals surface area contributed by atoms with Gasteiger partial charge in [0.05, 0.1) is 16.2 Å². The molecule has 0 aliphatic rings. The van der Waals surface area contributed by atoms with E-state index in [1.165, 1.54) is 7.05 Å². The number of aromatic nitrogens is 2. The number of thioether (sulfide) groups is 1. The molecule has 0 unspecified atom stereocenters. The van der Waals surface area contributed by atoms with Crippen LogP contribution in [0.25, 0.3) is 10.9 Å². The number of nitrogens with zero attached hydrogens (tertiary/aromatic N) is 2. The first kappa shape index (κ1) is 19.9. The van der Waals surface area contributed by atoms with Crippen LogP contribution >= 0.6 is 11.8 Å². The second-order valence-electron chi connectivity index (χ2n) is 5.54. The van der Waals surface area contributed by atoms with Gasteiger partial charge in [0.1, 0.15) is 0 Å². The van der Waals surface area contributed by atoms with Crippen LogP contribution in [0.3, 0.4) is 0 Å². The van der Waals surface area contributed by atoms with E-state index in [1.807, 2.05) is 0 Å². The number of benzene rings is 1. The Morgan fingerprint density at radius 2 is 2.08 bits per heavy atom. The molecule has 3 amide bonds. The lowest BCUT2D eigenvalue weighted by Crippen LogP contribution is -2.41. The molecule has 2 aromatic rings. The maximum Gasteiger partial charge on any atom is 0.321 e. The van der Waals surface area contributed by atoms with Crippen LogP contribution < -0.4 is 16.2 Å². The molecule has 0 saturated carbocycles. The van der Waals surface area contributed by atoms with Crippen molar-refractivity contribution in [2.45, 2.75) is 30.3 Å². The molecule has 0 bridgehead atoms. The molecule has 0 aliphatic heterocycles. The zero-order chi connectivity index (χ0) is 19.1. The summed E-state index contributed by atoms with van der Waals surface area (Å²) in [4.78, 5) is 40.8. The maximum absolute atomic E-state index is 12.8. The van der Waals surface area contributed by atoms with Gasteiger partial charge in [0, 0.05) is 27.3 Å². The normalized spacial score (nSPS) is 12.0. The topological polar surface area (TPSA) is 102 Å². The molecule has 140 valence electrons. The second-order valence-corrected chi connectivity index (χ2v) is 6.85. The van der Waals surface area contributed by atoms with E-state index in [-0.39, 0.29) is 5.56 Å². The van der Waals surface area contributed by atoms with E-state index in [0.29, 0.717) is 35.6 Å². The number of rotatable bonds is 7. The number of hydrogen-bond acceptors (Lipinski definition) is 6. The van der Waals surface area contributed by atoms with Crippen molar-refractivity contribution in [2.75, 3.05) is 20.8 Å². The summed E-state index contributed by atoms with van der Waals surface area (Å²) < 4.78 is 6.61. The van der Waals surface area contributed by atoms with Crippen molar-refractivity contribution in [1.82, 2.24) is 20.2 Å². The van der Waals surface area contributed by atoms with Gasteiger partial charge in [-0.3, -0.25) is 19.5 Å². The van der Waals surface area contributed by atoms with E-state index in [9.17, 15) is 14.4 Å². The number of carbonyl (C=O) groups is 2. The Morgan fingerprint density at radius 1 is 1.35 bits per heavy atom. The highest BCUT2D eigenvalue weighted by Gasteiger charge is 2.20. The molecule has 1 aromatic carbocycles. The number of fused-ring (bicyclic) bond motifs is 1. The number of ether oxygens (including phenoxy) is 1. The lowest BCUT2D eigenvalue weighted by atomic mass is 10.2. The average Bonchev–Trinajstić information content (AvgIpc) is 2.64. The lowest BCUT2D eigenvalue weighted by Gasteiger charge is -2.16. The standard InChI is InChI=1S/C17H22N4O4S/c1-11(14(22)20-16(24)18-2)26-17-19-13-8-5-4-7-12(13)15(23)21(17)9-6-10-25-3/h4-5,7-8,11H,6,9-10H2,1-3H3,(H2,18,20,22,24)/t11-/m1/s1. The molecular formula is C17H22N4O4S. The van der Waals surface area contributed by atoms with Gasteiger partial charge < -0.3 is 10.1 Å². The Labute approximate surface area is 155 Å². The van der Waals surface area contributed by atoms with E-state index in [0.717, 1.165) is 11.8 Å². The summed E-state index contributed by atoms with van der Waals surface area (Å²) in [6.07, 6.45) is 0.642. The number of methoxy groups -OCH3 is 1. The van der Waals surface area contributed by atoms with Crippen LogP contribution in [0.15, 0.2) is 34.2 Å². The maximum atomic E-state index is 12.8. The van der Waals surface area contributed by atoms with Crippen LogP contribution in [-0.4, -0.2) is 47.5 Å². The molecule has 0 fully saturated rings. The molecule has 9 heteroatoms. The zero-order valence-corrected chi connectivity index (χ0v) is 15.8. The number of urea groups is 1. The minimum atomic E-state index is -0.603. The van der Waals surface area contributed by atoms with Gasteiger partial charge in [0.2, 0.25) is 5.91 Å². The minimum Gasteiger partial charge on any atom is -0.385 e. The quantitative estimate of drug-likeness (QED) is 0.429. The highest BCUT2D eigenvalue weighted by molar-refractivity contribution is 8.00. The van der Waals surface area contributed by atoms with Gasteiger partial charge in [-0.25, -0.2) is 9.78 Å². The monoisotopic (exact) mass is 378 g/mol. The van der Waals surface area contributed by atoms with Crippen LogP contribution in [-0.2, 0) is 16.1 Å². The van der Waals surface area contributed by atoms with Gasteiger partial charge in [0.25, 0.3) is 5.56 Å². The second kappa shape index (κ2) is 9.35. The molecule has 1 aromatic heterocycles. The number of para-hydroxylation sites is 1. The third-order valence-electron chi connectivity index (χ3n) is 3.67. The van der Waals surface area contributed by atoms with Crippen molar-refractivity contribution in [3.63, 3.8) is 0 Å². The van der Waals surface area contributed by atoms with Crippen LogP contribution in [0.2, 0.25) is 0 Å². The molecular weight excluding hydrogens is 356 g/mol. The summed E-state index contributed by atoms with van der Waals surface area (Å²) in [7, 11) is 3.03. The van der Waals surface area contributed by atoms with Crippen molar-refractivity contribution in [1.29, 1.82) is 0 Å². The summed E-state index contributed by atoms with van der Waals surface area (Å²) in [5.74, 6) is -0.458. The summed E-state index contributed by atoms with van der Waals surface area (Å²) in [6, 6.07) is 6.51. The fourth-order valence-electron chi connectivity index (χ4n) is 2.29. The van der Waals surface area contributed by atoms with Gasteiger partial charge in [-0.05, 0) is 25.5 Å². The molecule has 8 nitrogen and oxygen atoms in total. The van der Waals surface area contributed by atoms with Gasteiger partial charge in [-0.1, -0.05) is 23.9 Å². The third kappa shape index (κ3) is 4.83. The van der Waals surface area contributed by atoms with E-state index in [2.05, 4.69) is 15.6 Å². The minimum absolute atomic E-state index is 0.159. The Balaban J connectivity index is 2.34. The molecule has 2 N–H and O–H groups in total. The fourth-order valence-corrected chi connectivity index (χ4v) is 3.22. The molecule has 1 atom stereocenters. The summed E-state index contributed by atoms with van der Waals surface area (Å²) >= 11 is 1.14. The van der Waals surface area contributed by atoms with Gasteiger partial charge in [0.15, 0.2) is 5.16 Å². The zero-order valence-electron chi connectivity index (χ0n) is 14.9. The van der Waals surface area contributed by atoms with E-state index < -0.39 is 17.2 Å². The predicted molar refractivity (Wildman–Crippen MR) is 100 cm³/mol. The Morgan fingerprint density at radius 3 is 2.77 bits per heavy atom. The summed E-state index contributed by atoms with van der Waals surface area (Å²) in [6.45, 7) is 2.59. The number of imide groups is 1. The van der Waals surface area contributed by atoms with Gasteiger partial charge in [-0.2, -0.15) is 0 Å². The number of carbonyl (C=O) groups excluding carboxylic acids is 2. The number of nitrogens with one attached hydrogen (secondary N) is 2. The average molecular weight is 378 g/mol. The Kier molecular flexibility index (Phi) is 7.16. The van der Waals surface area contributed by atoms with Crippen LogP contribution in [0.4, 0.5) is 4.79 Å². The molecule has 1 heterocycles. The first-order valence-electron chi connectivity index (χ1n) is 8.15. The largest absolute Gasteiger partial charge is 0.385 e. The van der Waals surface area contributed by atoms with Crippen molar-refractivity contribution in [2.24, 2.45) is 0 Å². The fraction of sp³-hybridized carbons (Fsp3) is 0.412. The highest BCUT2D eigenvalue weighted by Crippen LogP contribution is 2.22. The Hall–Kier alpha value is -2.39. The van der Waals surface area contributed by atoms with Crippen LogP contribution in [0.1, 0.15) is 13.3 Å². The van der Waals surface area contributed by atoms with Crippen LogP contribution in [0, 0.1) is 0 Å². The van der Waals surface area contributed by atoms with Crippen molar-refractivity contribution < 1.29 is 14.3 Å². The van der Waals surface area contributed by atoms with E-state index in [4.69, 9.17) is 4.74 Å². The Bertz CT molecular complexity index is 852. The number of hydrogen-bond donors (Lipinski definition) is 2. The summed E-state index contributed by atoms with van der Waals surface area (Å²) in [5, 5.41) is 4.91. The molecule has 0 aliphatic carbocycles. The van der Waals surface area contributed by atoms with Gasteiger partial charge >= 0.3 is 6.03 Å². The number of amides is 3. The summed E-state index contributed by atoms with van der Waals surface area (Å²) in [5.41, 5.74) is 0.412.